The van der Waals surface area contributed by atoms with Crippen LogP contribution < -0.4 is 10.6 Å². The fraction of sp³-hybridized carbons (Fsp3) is 0. The maximum atomic E-state index is 12.3. The SMILES string of the molecule is O=C(Nc1ccco1)C(=Cc1ccco1)NC(=O)c1cccs1. The molecular formula is C16H12N2O4S. The van der Waals surface area contributed by atoms with E-state index in [0.29, 0.717) is 10.6 Å². The minimum absolute atomic E-state index is 0.0507. The second kappa shape index (κ2) is 6.80. The van der Waals surface area contributed by atoms with Gasteiger partial charge in [0, 0.05) is 12.1 Å². The van der Waals surface area contributed by atoms with Crippen molar-refractivity contribution in [1.29, 1.82) is 0 Å². The number of thiophene rings is 1. The van der Waals surface area contributed by atoms with Crippen LogP contribution >= 0.6 is 11.3 Å². The molecule has 0 aliphatic carbocycles. The summed E-state index contributed by atoms with van der Waals surface area (Å²) in [6, 6.07) is 10.1. The Morgan fingerprint density at radius 1 is 1.04 bits per heavy atom. The zero-order valence-corrected chi connectivity index (χ0v) is 12.6. The first-order chi connectivity index (χ1) is 11.2. The third kappa shape index (κ3) is 3.78. The van der Waals surface area contributed by atoms with E-state index in [-0.39, 0.29) is 17.5 Å². The summed E-state index contributed by atoms with van der Waals surface area (Å²) in [5.41, 5.74) is 0.0507. The van der Waals surface area contributed by atoms with Crippen LogP contribution in [-0.2, 0) is 4.79 Å². The number of carbonyl (C=O) groups is 2. The lowest BCUT2D eigenvalue weighted by molar-refractivity contribution is -0.113. The Balaban J connectivity index is 1.81. The third-order valence-corrected chi connectivity index (χ3v) is 3.69. The number of carbonyl (C=O) groups excluding carboxylic acids is 2. The summed E-state index contributed by atoms with van der Waals surface area (Å²) < 4.78 is 10.3. The van der Waals surface area contributed by atoms with Crippen molar-refractivity contribution in [2.75, 3.05) is 5.32 Å². The summed E-state index contributed by atoms with van der Waals surface area (Å²) in [6.45, 7) is 0. The van der Waals surface area contributed by atoms with Crippen molar-refractivity contribution in [3.8, 4) is 0 Å². The van der Waals surface area contributed by atoms with Gasteiger partial charge in [-0.1, -0.05) is 6.07 Å². The standard InChI is InChI=1S/C16H12N2O4S/c19-15(18-14-6-2-8-22-14)12(10-11-4-1-7-21-11)17-16(20)13-5-3-9-23-13/h1-10H,(H,17,20)(H,18,19). The maximum absolute atomic E-state index is 12.3. The molecule has 0 unspecified atom stereocenters. The Bertz CT molecular complexity index is 803. The van der Waals surface area contributed by atoms with Gasteiger partial charge in [0.2, 0.25) is 0 Å². The molecule has 3 aromatic heterocycles. The summed E-state index contributed by atoms with van der Waals surface area (Å²) in [7, 11) is 0. The average Bonchev–Trinajstić information content (AvgIpc) is 3.29. The molecule has 2 amide bonds. The van der Waals surface area contributed by atoms with Crippen molar-refractivity contribution in [3.05, 3.63) is 70.6 Å². The molecule has 23 heavy (non-hydrogen) atoms. The summed E-state index contributed by atoms with van der Waals surface area (Å²) in [6.07, 6.45) is 4.37. The largest absolute Gasteiger partial charge is 0.465 e. The minimum Gasteiger partial charge on any atom is -0.465 e. The number of nitrogens with one attached hydrogen (secondary N) is 2. The fourth-order valence-electron chi connectivity index (χ4n) is 1.79. The zero-order valence-electron chi connectivity index (χ0n) is 11.8. The van der Waals surface area contributed by atoms with Crippen LogP contribution in [0.5, 0.6) is 0 Å². The number of hydrogen-bond acceptors (Lipinski definition) is 5. The highest BCUT2D eigenvalue weighted by molar-refractivity contribution is 7.12. The predicted octanol–water partition coefficient (Wildman–Crippen LogP) is 3.34. The van der Waals surface area contributed by atoms with Crippen LogP contribution in [0.4, 0.5) is 5.88 Å². The Kier molecular flexibility index (Phi) is 4.39. The summed E-state index contributed by atoms with van der Waals surface area (Å²) >= 11 is 1.29. The molecule has 2 N–H and O–H groups in total. The van der Waals surface area contributed by atoms with E-state index < -0.39 is 5.91 Å². The second-order valence-electron chi connectivity index (χ2n) is 4.44. The normalized spacial score (nSPS) is 11.2. The van der Waals surface area contributed by atoms with E-state index in [0.717, 1.165) is 0 Å². The molecule has 0 saturated heterocycles. The number of amides is 2. The highest BCUT2D eigenvalue weighted by Crippen LogP contribution is 2.13. The van der Waals surface area contributed by atoms with Crippen LogP contribution in [0.1, 0.15) is 15.4 Å². The predicted molar refractivity (Wildman–Crippen MR) is 85.8 cm³/mol. The van der Waals surface area contributed by atoms with E-state index in [1.165, 1.54) is 29.9 Å². The van der Waals surface area contributed by atoms with E-state index in [4.69, 9.17) is 8.83 Å². The summed E-state index contributed by atoms with van der Waals surface area (Å²) in [4.78, 5) is 25.0. The second-order valence-corrected chi connectivity index (χ2v) is 5.38. The molecule has 7 heteroatoms. The third-order valence-electron chi connectivity index (χ3n) is 2.83. The van der Waals surface area contributed by atoms with Crippen LogP contribution in [0.15, 0.2) is 68.8 Å². The number of hydrogen-bond donors (Lipinski definition) is 2. The fourth-order valence-corrected chi connectivity index (χ4v) is 2.41. The van der Waals surface area contributed by atoms with Gasteiger partial charge in [-0.25, -0.2) is 0 Å². The molecule has 0 aliphatic heterocycles. The van der Waals surface area contributed by atoms with Gasteiger partial charge in [0.25, 0.3) is 11.8 Å². The van der Waals surface area contributed by atoms with Crippen molar-refractivity contribution in [1.82, 2.24) is 5.32 Å². The van der Waals surface area contributed by atoms with Crippen molar-refractivity contribution in [3.63, 3.8) is 0 Å². The molecular weight excluding hydrogens is 316 g/mol. The molecule has 0 fully saturated rings. The van der Waals surface area contributed by atoms with E-state index in [1.54, 1.807) is 41.8 Å². The highest BCUT2D eigenvalue weighted by atomic mass is 32.1. The Hall–Kier alpha value is -3.06. The Labute approximate surface area is 135 Å². The lowest BCUT2D eigenvalue weighted by Gasteiger charge is -2.08. The molecule has 0 atom stereocenters. The van der Waals surface area contributed by atoms with Gasteiger partial charge in [-0.15, -0.1) is 11.3 Å². The van der Waals surface area contributed by atoms with Gasteiger partial charge in [-0.3, -0.25) is 14.9 Å². The molecule has 116 valence electrons. The lowest BCUT2D eigenvalue weighted by Crippen LogP contribution is -2.30. The molecule has 0 saturated carbocycles. The minimum atomic E-state index is -0.513. The number of furan rings is 2. The van der Waals surface area contributed by atoms with Gasteiger partial charge in [0.15, 0.2) is 5.88 Å². The van der Waals surface area contributed by atoms with Crippen LogP contribution in [0.2, 0.25) is 0 Å². The van der Waals surface area contributed by atoms with Gasteiger partial charge in [0.1, 0.15) is 11.5 Å². The molecule has 0 radical (unpaired) electrons. The summed E-state index contributed by atoms with van der Waals surface area (Å²) in [5.74, 6) is -0.152. The van der Waals surface area contributed by atoms with Crippen molar-refractivity contribution >= 4 is 35.1 Å². The highest BCUT2D eigenvalue weighted by Gasteiger charge is 2.16. The van der Waals surface area contributed by atoms with E-state index in [9.17, 15) is 9.59 Å². The van der Waals surface area contributed by atoms with Crippen LogP contribution in [0.3, 0.4) is 0 Å². The average molecular weight is 328 g/mol. The number of rotatable bonds is 5. The van der Waals surface area contributed by atoms with E-state index >= 15 is 0 Å². The maximum Gasteiger partial charge on any atom is 0.274 e. The molecule has 0 bridgehead atoms. The molecule has 3 heterocycles. The monoisotopic (exact) mass is 328 g/mol. The first-order valence-corrected chi connectivity index (χ1v) is 7.55. The molecule has 6 nitrogen and oxygen atoms in total. The lowest BCUT2D eigenvalue weighted by atomic mass is 10.3. The van der Waals surface area contributed by atoms with Gasteiger partial charge < -0.3 is 14.2 Å². The van der Waals surface area contributed by atoms with Crippen molar-refractivity contribution in [2.24, 2.45) is 0 Å². The van der Waals surface area contributed by atoms with Crippen LogP contribution in [0.25, 0.3) is 6.08 Å². The van der Waals surface area contributed by atoms with E-state index in [1.807, 2.05) is 0 Å². The summed E-state index contributed by atoms with van der Waals surface area (Å²) in [5, 5.41) is 6.93. The molecule has 3 rings (SSSR count). The first-order valence-electron chi connectivity index (χ1n) is 6.67. The smallest absolute Gasteiger partial charge is 0.274 e. The zero-order chi connectivity index (χ0) is 16.1. The van der Waals surface area contributed by atoms with Gasteiger partial charge >= 0.3 is 0 Å². The van der Waals surface area contributed by atoms with Gasteiger partial charge in [0.05, 0.1) is 17.4 Å². The van der Waals surface area contributed by atoms with Crippen molar-refractivity contribution < 1.29 is 18.4 Å². The Morgan fingerprint density at radius 3 is 2.52 bits per heavy atom. The quantitative estimate of drug-likeness (QED) is 0.704. The van der Waals surface area contributed by atoms with Gasteiger partial charge in [-0.05, 0) is 29.6 Å². The number of anilines is 1. The molecule has 0 aliphatic rings. The molecule has 0 aromatic carbocycles. The molecule has 0 spiro atoms. The van der Waals surface area contributed by atoms with Crippen LogP contribution in [0, 0.1) is 0 Å². The topological polar surface area (TPSA) is 84.5 Å². The van der Waals surface area contributed by atoms with Crippen molar-refractivity contribution in [2.45, 2.75) is 0 Å². The first kappa shape index (κ1) is 14.9. The van der Waals surface area contributed by atoms with Gasteiger partial charge in [-0.2, -0.15) is 0 Å². The Morgan fingerprint density at radius 2 is 1.87 bits per heavy atom. The van der Waals surface area contributed by atoms with Crippen LogP contribution in [-0.4, -0.2) is 11.8 Å². The molecule has 3 aromatic rings. The van der Waals surface area contributed by atoms with E-state index in [2.05, 4.69) is 10.6 Å².